The molecule has 0 amide bonds. The van der Waals surface area contributed by atoms with Crippen LogP contribution in [0.4, 0.5) is 4.79 Å². The molecule has 0 N–H and O–H groups in total. The molecule has 0 atom stereocenters. The second-order valence-corrected chi connectivity index (χ2v) is 9.17. The molecule has 2 aromatic rings. The molecule has 0 aliphatic carbocycles. The molecule has 2 rings (SSSR count). The van der Waals surface area contributed by atoms with Gasteiger partial charge < -0.3 is 19.0 Å². The first-order valence-electron chi connectivity index (χ1n) is 10.4. The average molecular weight is 508 g/mol. The molecule has 0 saturated heterocycles. The van der Waals surface area contributed by atoms with Crippen molar-refractivity contribution < 1.29 is 42.1 Å². The summed E-state index contributed by atoms with van der Waals surface area (Å²) in [7, 11) is -2.23. The Bertz CT molecular complexity index is 1160. The highest BCUT2D eigenvalue weighted by molar-refractivity contribution is 7.90. The summed E-state index contributed by atoms with van der Waals surface area (Å²) in [6.45, 7) is -0.549. The summed E-state index contributed by atoms with van der Waals surface area (Å²) >= 11 is 0. The van der Waals surface area contributed by atoms with E-state index in [0.29, 0.717) is 24.0 Å². The molecule has 0 unspecified atom stereocenters. The van der Waals surface area contributed by atoms with E-state index in [-0.39, 0.29) is 35.9 Å². The van der Waals surface area contributed by atoms with Crippen molar-refractivity contribution in [2.24, 2.45) is 0 Å². The second-order valence-electron chi connectivity index (χ2n) is 7.16. The van der Waals surface area contributed by atoms with Crippen LogP contribution in [0.2, 0.25) is 0 Å². The molecule has 0 bridgehead atoms. The number of hydrogen-bond acceptors (Lipinski definition) is 10. The maximum Gasteiger partial charge on any atom is 0.508 e. The van der Waals surface area contributed by atoms with Crippen LogP contribution in [-0.2, 0) is 33.7 Å². The first-order chi connectivity index (χ1) is 16.6. The molecule has 0 fully saturated rings. The lowest BCUT2D eigenvalue weighted by molar-refractivity contribution is -0.757. The third-order valence-corrected chi connectivity index (χ3v) is 5.80. The molecule has 0 aliphatic heterocycles. The van der Waals surface area contributed by atoms with Crippen molar-refractivity contribution in [3.63, 3.8) is 0 Å². The van der Waals surface area contributed by atoms with Crippen LogP contribution in [0.1, 0.15) is 24.0 Å². The number of carbonyl (C=O) groups is 2. The first-order valence-corrected chi connectivity index (χ1v) is 12.3. The van der Waals surface area contributed by atoms with E-state index in [4.69, 9.17) is 14.2 Å². The van der Waals surface area contributed by atoms with Crippen molar-refractivity contribution >= 4 is 33.1 Å². The Morgan fingerprint density at radius 2 is 1.54 bits per heavy atom. The zero-order chi connectivity index (χ0) is 25.8. The van der Waals surface area contributed by atoms with Gasteiger partial charge in [0.1, 0.15) is 6.61 Å². The van der Waals surface area contributed by atoms with Crippen LogP contribution in [0.5, 0.6) is 0 Å². The molecule has 0 aliphatic rings. The number of hydrogen-bond donors (Lipinski definition) is 0. The zero-order valence-electron chi connectivity index (χ0n) is 19.2. The molecule has 0 heterocycles. The van der Waals surface area contributed by atoms with Crippen LogP contribution in [0, 0.1) is 10.1 Å². The highest BCUT2D eigenvalue weighted by atomic mass is 32.2. The van der Waals surface area contributed by atoms with Crippen LogP contribution in [0.15, 0.2) is 59.5 Å². The van der Waals surface area contributed by atoms with E-state index in [2.05, 4.69) is 4.84 Å². The molecule has 35 heavy (non-hydrogen) atoms. The standard InChI is InChI=1S/C23H25NO10S/c1-31-22(25)21(18-8-4-3-5-9-18)20(17-10-12-19(13-11-17)35(2,29)30)16-33-23(26)32-14-6-7-15-34-24(27)28/h3-5,8-13H,6-7,14-16H2,1-2H3. The number of benzene rings is 2. The summed E-state index contributed by atoms with van der Waals surface area (Å²) in [5.74, 6) is -0.679. The summed E-state index contributed by atoms with van der Waals surface area (Å²) < 4.78 is 38.8. The monoisotopic (exact) mass is 507 g/mol. The summed E-state index contributed by atoms with van der Waals surface area (Å²) in [6.07, 6.45) is 0.677. The lowest BCUT2D eigenvalue weighted by Gasteiger charge is -2.16. The number of methoxy groups -OCH3 is 1. The molecule has 0 radical (unpaired) electrons. The fourth-order valence-electron chi connectivity index (χ4n) is 3.00. The van der Waals surface area contributed by atoms with Gasteiger partial charge in [0, 0.05) is 11.8 Å². The number of unbranched alkanes of at least 4 members (excludes halogenated alkanes) is 1. The van der Waals surface area contributed by atoms with Crippen LogP contribution >= 0.6 is 0 Å². The van der Waals surface area contributed by atoms with Crippen molar-refractivity contribution in [2.45, 2.75) is 17.7 Å². The Labute approximate surface area is 202 Å². The van der Waals surface area contributed by atoms with E-state index >= 15 is 0 Å². The highest BCUT2D eigenvalue weighted by Crippen LogP contribution is 2.29. The van der Waals surface area contributed by atoms with E-state index < -0.39 is 27.0 Å². The van der Waals surface area contributed by atoms with E-state index in [1.165, 1.54) is 31.4 Å². The molecule has 2 aromatic carbocycles. The molecule has 12 heteroatoms. The average Bonchev–Trinajstić information content (AvgIpc) is 2.83. The number of esters is 1. The Morgan fingerprint density at radius 3 is 2.11 bits per heavy atom. The van der Waals surface area contributed by atoms with Gasteiger partial charge in [0.25, 0.3) is 5.09 Å². The fourth-order valence-corrected chi connectivity index (χ4v) is 3.63. The van der Waals surface area contributed by atoms with Gasteiger partial charge in [0.2, 0.25) is 0 Å². The van der Waals surface area contributed by atoms with E-state index in [1.54, 1.807) is 30.3 Å². The van der Waals surface area contributed by atoms with E-state index in [1.807, 2.05) is 0 Å². The van der Waals surface area contributed by atoms with Crippen molar-refractivity contribution in [1.82, 2.24) is 0 Å². The fraction of sp³-hybridized carbons (Fsp3) is 0.304. The normalized spacial score (nSPS) is 11.7. The summed E-state index contributed by atoms with van der Waals surface area (Å²) in [5.41, 5.74) is 1.35. The number of ether oxygens (including phenoxy) is 3. The summed E-state index contributed by atoms with van der Waals surface area (Å²) in [4.78, 5) is 39.2. The molecule has 188 valence electrons. The van der Waals surface area contributed by atoms with Gasteiger partial charge >= 0.3 is 12.1 Å². The predicted octanol–water partition coefficient (Wildman–Crippen LogP) is 3.32. The molecular weight excluding hydrogens is 482 g/mol. The van der Waals surface area contributed by atoms with Crippen molar-refractivity contribution in [1.29, 1.82) is 0 Å². The van der Waals surface area contributed by atoms with Crippen LogP contribution < -0.4 is 0 Å². The Kier molecular flexibility index (Phi) is 10.2. The van der Waals surface area contributed by atoms with Gasteiger partial charge in [-0.25, -0.2) is 18.0 Å². The summed E-state index contributed by atoms with van der Waals surface area (Å²) in [6, 6.07) is 14.4. The Hall–Kier alpha value is -3.93. The smallest absolute Gasteiger partial charge is 0.465 e. The van der Waals surface area contributed by atoms with Gasteiger partial charge in [0.15, 0.2) is 9.84 Å². The van der Waals surface area contributed by atoms with Crippen LogP contribution in [-0.4, -0.2) is 58.8 Å². The van der Waals surface area contributed by atoms with E-state index in [9.17, 15) is 28.1 Å². The number of sulfone groups is 1. The first kappa shape index (κ1) is 27.3. The maximum atomic E-state index is 12.7. The summed E-state index contributed by atoms with van der Waals surface area (Å²) in [5, 5.41) is 9.21. The minimum absolute atomic E-state index is 0.0510. The molecule has 0 spiro atoms. The SMILES string of the molecule is COC(=O)C(=C(COC(=O)OCCCCO[N+](=O)[O-])c1ccc(S(C)(=O)=O)cc1)c1ccccc1. The third-order valence-electron chi connectivity index (χ3n) is 4.67. The van der Waals surface area contributed by atoms with Gasteiger partial charge in [-0.05, 0) is 36.1 Å². The van der Waals surface area contributed by atoms with Crippen molar-refractivity contribution in [2.75, 3.05) is 33.2 Å². The van der Waals surface area contributed by atoms with Gasteiger partial charge in [-0.15, -0.1) is 10.1 Å². The second kappa shape index (κ2) is 13.1. The molecular formula is C23H25NO10S. The molecule has 0 saturated carbocycles. The van der Waals surface area contributed by atoms with Crippen molar-refractivity contribution in [3.8, 4) is 0 Å². The van der Waals surface area contributed by atoms with Gasteiger partial charge in [0.05, 0.1) is 30.8 Å². The van der Waals surface area contributed by atoms with Crippen LogP contribution in [0.3, 0.4) is 0 Å². The number of nitrogens with zero attached hydrogens (tertiary/aromatic N) is 1. The topological polar surface area (TPSA) is 148 Å². The quantitative estimate of drug-likeness (QED) is 0.105. The molecule has 11 nitrogen and oxygen atoms in total. The van der Waals surface area contributed by atoms with Gasteiger partial charge in [-0.1, -0.05) is 42.5 Å². The van der Waals surface area contributed by atoms with Gasteiger partial charge in [-0.2, -0.15) is 0 Å². The minimum atomic E-state index is -3.45. The predicted molar refractivity (Wildman–Crippen MR) is 124 cm³/mol. The lowest BCUT2D eigenvalue weighted by atomic mass is 9.95. The maximum absolute atomic E-state index is 12.7. The largest absolute Gasteiger partial charge is 0.508 e. The minimum Gasteiger partial charge on any atom is -0.465 e. The van der Waals surface area contributed by atoms with Crippen molar-refractivity contribution in [3.05, 3.63) is 75.8 Å². The third kappa shape index (κ3) is 8.74. The lowest BCUT2D eigenvalue weighted by Crippen LogP contribution is -2.14. The van der Waals surface area contributed by atoms with Gasteiger partial charge in [-0.3, -0.25) is 0 Å². The number of rotatable bonds is 12. The van der Waals surface area contributed by atoms with Crippen LogP contribution in [0.25, 0.3) is 11.1 Å². The molecule has 0 aromatic heterocycles. The zero-order valence-corrected chi connectivity index (χ0v) is 20.0. The Balaban J connectivity index is 2.27. The highest BCUT2D eigenvalue weighted by Gasteiger charge is 2.22. The number of carbonyl (C=O) groups excluding carboxylic acids is 2. The van der Waals surface area contributed by atoms with E-state index in [0.717, 1.165) is 6.26 Å². The Morgan fingerprint density at radius 1 is 0.914 bits per heavy atom.